The predicted octanol–water partition coefficient (Wildman–Crippen LogP) is 3.12. The Kier molecular flexibility index (Phi) is 11.7. The molecule has 0 unspecified atom stereocenters. The van der Waals surface area contributed by atoms with Crippen molar-refractivity contribution in [1.82, 2.24) is 25.8 Å². The molecule has 220 valence electrons. The minimum Gasteiger partial charge on any atom is -0.492 e. The van der Waals surface area contributed by atoms with Crippen LogP contribution in [0.1, 0.15) is 16.7 Å². The van der Waals surface area contributed by atoms with Crippen molar-refractivity contribution in [1.29, 1.82) is 0 Å². The van der Waals surface area contributed by atoms with Gasteiger partial charge in [-0.2, -0.15) is 0 Å². The van der Waals surface area contributed by atoms with Crippen molar-refractivity contribution in [2.24, 2.45) is 0 Å². The minimum absolute atomic E-state index is 0.608. The van der Waals surface area contributed by atoms with Crippen LogP contribution in [-0.4, -0.2) is 88.5 Å². The second-order valence-electron chi connectivity index (χ2n) is 10.7. The van der Waals surface area contributed by atoms with E-state index in [9.17, 15) is 0 Å². The molecule has 0 saturated carbocycles. The van der Waals surface area contributed by atoms with Crippen molar-refractivity contribution < 1.29 is 14.2 Å². The van der Waals surface area contributed by atoms with Crippen molar-refractivity contribution in [3.05, 3.63) is 89.5 Å². The second-order valence-corrected chi connectivity index (χ2v) is 10.7. The Labute approximate surface area is 245 Å². The van der Waals surface area contributed by atoms with Crippen LogP contribution in [0.4, 0.5) is 0 Å². The Hall–Kier alpha value is -3.14. The molecule has 0 radical (unpaired) electrons. The third kappa shape index (κ3) is 10.3. The largest absolute Gasteiger partial charge is 0.492 e. The summed E-state index contributed by atoms with van der Waals surface area (Å²) in [5.41, 5.74) is 3.80. The van der Waals surface area contributed by atoms with Crippen LogP contribution in [0.5, 0.6) is 17.2 Å². The summed E-state index contributed by atoms with van der Waals surface area (Å²) in [7, 11) is 0. The molecule has 0 fully saturated rings. The zero-order chi connectivity index (χ0) is 28.0. The smallest absolute Gasteiger partial charge is 0.119 e. The van der Waals surface area contributed by atoms with E-state index in [0.29, 0.717) is 19.8 Å². The summed E-state index contributed by atoms with van der Waals surface area (Å²) in [5, 5.41) is 10.9. The van der Waals surface area contributed by atoms with Gasteiger partial charge in [0.05, 0.1) is 0 Å². The van der Waals surface area contributed by atoms with Crippen LogP contribution in [0.3, 0.4) is 0 Å². The van der Waals surface area contributed by atoms with Crippen LogP contribution in [-0.2, 0) is 19.6 Å². The lowest BCUT2D eigenvalue weighted by Crippen LogP contribution is -2.40. The van der Waals surface area contributed by atoms with E-state index in [-0.39, 0.29) is 0 Å². The Morgan fingerprint density at radius 1 is 0.390 bits per heavy atom. The third-order valence-electron chi connectivity index (χ3n) is 7.60. The summed E-state index contributed by atoms with van der Waals surface area (Å²) in [6.07, 6.45) is 0. The van der Waals surface area contributed by atoms with E-state index in [0.717, 1.165) is 95.8 Å². The molecule has 0 atom stereocenters. The maximum absolute atomic E-state index is 6.11. The van der Waals surface area contributed by atoms with Crippen molar-refractivity contribution >= 4 is 0 Å². The van der Waals surface area contributed by atoms with E-state index in [1.54, 1.807) is 0 Å². The molecule has 0 saturated heterocycles. The number of nitrogens with one attached hydrogen (secondary N) is 3. The van der Waals surface area contributed by atoms with Gasteiger partial charge in [0.2, 0.25) is 0 Å². The summed E-state index contributed by atoms with van der Waals surface area (Å²) >= 11 is 0. The average Bonchev–Trinajstić information content (AvgIpc) is 3.00. The van der Waals surface area contributed by atoms with Crippen molar-refractivity contribution in [3.8, 4) is 17.2 Å². The number of rotatable bonds is 0. The van der Waals surface area contributed by atoms with Crippen LogP contribution in [0.25, 0.3) is 0 Å². The monoisotopic (exact) mass is 559 g/mol. The molecule has 3 aromatic carbocycles. The first-order valence-corrected chi connectivity index (χ1v) is 15.0. The molecule has 12 aliphatic rings. The Morgan fingerprint density at radius 2 is 0.683 bits per heavy atom. The van der Waals surface area contributed by atoms with Gasteiger partial charge in [-0.3, -0.25) is 9.80 Å². The predicted molar refractivity (Wildman–Crippen MR) is 164 cm³/mol. The van der Waals surface area contributed by atoms with Crippen LogP contribution < -0.4 is 30.2 Å². The lowest BCUT2D eigenvalue weighted by atomic mass is 10.2. The van der Waals surface area contributed by atoms with Crippen molar-refractivity contribution in [3.63, 3.8) is 0 Å². The van der Waals surface area contributed by atoms with E-state index in [1.165, 1.54) is 16.7 Å². The van der Waals surface area contributed by atoms with Gasteiger partial charge in [0.1, 0.15) is 37.1 Å². The highest BCUT2D eigenvalue weighted by Crippen LogP contribution is 2.15. The number of hydrogen-bond donors (Lipinski definition) is 3. The molecule has 12 heterocycles. The number of nitrogens with zero attached hydrogens (tertiary/aromatic N) is 2. The molecular weight excluding hydrogens is 514 g/mol. The van der Waals surface area contributed by atoms with Gasteiger partial charge in [0.15, 0.2) is 0 Å². The van der Waals surface area contributed by atoms with Gasteiger partial charge >= 0.3 is 0 Å². The molecule has 3 N–H and O–H groups in total. The fourth-order valence-corrected chi connectivity index (χ4v) is 5.07. The van der Waals surface area contributed by atoms with E-state index < -0.39 is 0 Å². The lowest BCUT2D eigenvalue weighted by Gasteiger charge is -2.24. The molecule has 3 aromatic rings. The summed E-state index contributed by atoms with van der Waals surface area (Å²) in [5.74, 6) is 2.70. The summed E-state index contributed by atoms with van der Waals surface area (Å²) in [6.45, 7) is 12.6. The van der Waals surface area contributed by atoms with E-state index >= 15 is 0 Å². The van der Waals surface area contributed by atoms with Crippen LogP contribution in [0.15, 0.2) is 72.8 Å². The highest BCUT2D eigenvalue weighted by atomic mass is 16.5. The zero-order valence-electron chi connectivity index (χ0n) is 24.2. The number of ether oxygens (including phenoxy) is 3. The minimum atomic E-state index is 0.608. The Balaban J connectivity index is 1.31. The third-order valence-corrected chi connectivity index (χ3v) is 7.60. The van der Waals surface area contributed by atoms with Crippen molar-refractivity contribution in [2.45, 2.75) is 19.6 Å². The van der Waals surface area contributed by atoms with Gasteiger partial charge in [-0.25, -0.2) is 0 Å². The summed E-state index contributed by atoms with van der Waals surface area (Å²) in [4.78, 5) is 4.87. The SMILES string of the molecule is c1cc2ccc1CNCCN1CCNCc3ccc(cc3)OCCN(CCO2)CCOc2ccc(cc2)CNCC1. The van der Waals surface area contributed by atoms with Crippen molar-refractivity contribution in [2.75, 3.05) is 78.7 Å². The van der Waals surface area contributed by atoms with E-state index in [2.05, 4.69) is 98.5 Å². The molecule has 8 nitrogen and oxygen atoms in total. The maximum Gasteiger partial charge on any atom is 0.119 e. The first kappa shape index (κ1) is 29.4. The molecule has 0 spiro atoms. The Bertz CT molecular complexity index is 995. The molecule has 8 heteroatoms. The Morgan fingerprint density at radius 3 is 1.00 bits per heavy atom. The maximum atomic E-state index is 6.11. The van der Waals surface area contributed by atoms with E-state index in [1.807, 2.05) is 0 Å². The quantitative estimate of drug-likeness (QED) is 0.388. The molecule has 41 heavy (non-hydrogen) atoms. The van der Waals surface area contributed by atoms with E-state index in [4.69, 9.17) is 14.2 Å². The summed E-state index contributed by atoms with van der Waals surface area (Å²) < 4.78 is 18.3. The topological polar surface area (TPSA) is 70.3 Å². The molecule has 0 aliphatic carbocycles. The summed E-state index contributed by atoms with van der Waals surface area (Å²) in [6, 6.07) is 25.3. The first-order chi connectivity index (χ1) is 20.3. The van der Waals surface area contributed by atoms with Crippen LogP contribution >= 0.6 is 0 Å². The highest BCUT2D eigenvalue weighted by molar-refractivity contribution is 5.29. The zero-order valence-corrected chi connectivity index (χ0v) is 24.2. The molecule has 0 aromatic heterocycles. The van der Waals surface area contributed by atoms with Gasteiger partial charge in [-0.1, -0.05) is 36.4 Å². The average molecular weight is 560 g/mol. The lowest BCUT2D eigenvalue weighted by molar-refractivity contribution is 0.153. The van der Waals surface area contributed by atoms with Gasteiger partial charge in [-0.15, -0.1) is 0 Å². The highest BCUT2D eigenvalue weighted by Gasteiger charge is 2.09. The normalized spacial score (nSPS) is 22.0. The molecule has 0 amide bonds. The first-order valence-electron chi connectivity index (χ1n) is 15.0. The molecular formula is C33H45N5O3. The van der Waals surface area contributed by atoms with Gasteiger partial charge in [0.25, 0.3) is 0 Å². The van der Waals surface area contributed by atoms with Crippen LogP contribution in [0, 0.1) is 0 Å². The van der Waals surface area contributed by atoms with Gasteiger partial charge in [-0.05, 0) is 53.1 Å². The fraction of sp³-hybridized carbons (Fsp3) is 0.455. The standard InChI is InChI=1S/C33H45N5O3/c1-7-31-8-2-28(1)25-34-13-16-37-17-14-35-26-29-3-9-32(10-4-29)40-23-20-38(19-22-39-31)21-24-41-33-11-5-30(6-12-33)27-36-15-18-37/h1-12,34-36H,13-27H2. The number of hydrogen-bond acceptors (Lipinski definition) is 8. The molecule has 8 bridgehead atoms. The van der Waals surface area contributed by atoms with Crippen LogP contribution in [0.2, 0.25) is 0 Å². The van der Waals surface area contributed by atoms with Gasteiger partial charge in [0, 0.05) is 78.5 Å². The molecule has 12 aliphatic heterocycles. The molecule has 15 rings (SSSR count). The fourth-order valence-electron chi connectivity index (χ4n) is 5.07. The van der Waals surface area contributed by atoms with Gasteiger partial charge < -0.3 is 30.2 Å². The second kappa shape index (κ2) is 16.3. The number of benzene rings is 3.